The summed E-state index contributed by atoms with van der Waals surface area (Å²) >= 11 is 0. The van der Waals surface area contributed by atoms with Gasteiger partial charge in [0.1, 0.15) is 5.60 Å². The van der Waals surface area contributed by atoms with Gasteiger partial charge in [-0.1, -0.05) is 24.3 Å². The Kier molecular flexibility index (Phi) is 4.70. The fourth-order valence-corrected chi connectivity index (χ4v) is 1.61. The molecule has 0 radical (unpaired) electrons. The molecule has 0 atom stereocenters. The number of benzene rings is 1. The molecule has 0 saturated heterocycles. The molecule has 17 heavy (non-hydrogen) atoms. The predicted molar refractivity (Wildman–Crippen MR) is 68.7 cm³/mol. The van der Waals surface area contributed by atoms with E-state index in [0.29, 0.717) is 13.0 Å². The highest BCUT2D eigenvalue weighted by atomic mass is 16.6. The first kappa shape index (κ1) is 13.7. The smallest absolute Gasteiger partial charge is 0.310 e. The van der Waals surface area contributed by atoms with Crippen LogP contribution in [0.1, 0.15) is 31.9 Å². The zero-order chi connectivity index (χ0) is 12.9. The van der Waals surface area contributed by atoms with Gasteiger partial charge in [0.25, 0.3) is 0 Å². The maximum atomic E-state index is 11.7. The van der Waals surface area contributed by atoms with Crippen LogP contribution in [0.25, 0.3) is 0 Å². The molecule has 3 nitrogen and oxygen atoms in total. The minimum atomic E-state index is -0.425. The number of ether oxygens (including phenoxy) is 1. The van der Waals surface area contributed by atoms with Gasteiger partial charge in [0.05, 0.1) is 6.42 Å². The second-order valence-electron chi connectivity index (χ2n) is 5.12. The normalized spacial score (nSPS) is 11.3. The number of carbonyl (C=O) groups excluding carboxylic acids is 1. The maximum Gasteiger partial charge on any atom is 0.310 e. The molecule has 0 aromatic heterocycles. The minimum absolute atomic E-state index is 0.192. The Labute approximate surface area is 103 Å². The third-order valence-corrected chi connectivity index (χ3v) is 2.19. The van der Waals surface area contributed by atoms with Crippen molar-refractivity contribution in [2.75, 3.05) is 6.54 Å². The molecule has 3 heteroatoms. The van der Waals surface area contributed by atoms with E-state index >= 15 is 0 Å². The standard InChI is InChI=1S/C14H21NO2/c1-14(2,3)17-13(16)10-12-6-4-5-11(9-12)7-8-15/h4-6,9H,7-8,10,15H2,1-3H3. The maximum absolute atomic E-state index is 11.7. The lowest BCUT2D eigenvalue weighted by atomic mass is 10.1. The van der Waals surface area contributed by atoms with Gasteiger partial charge in [-0.2, -0.15) is 0 Å². The molecule has 0 bridgehead atoms. The SMILES string of the molecule is CC(C)(C)OC(=O)Cc1cccc(CCN)c1. The number of hydrogen-bond acceptors (Lipinski definition) is 3. The summed E-state index contributed by atoms with van der Waals surface area (Å²) in [6, 6.07) is 7.91. The molecule has 0 amide bonds. The van der Waals surface area contributed by atoms with Crippen LogP contribution in [0.4, 0.5) is 0 Å². The molecule has 1 aromatic carbocycles. The second kappa shape index (κ2) is 5.82. The highest BCUT2D eigenvalue weighted by molar-refractivity contribution is 5.73. The fourth-order valence-electron chi connectivity index (χ4n) is 1.61. The van der Waals surface area contributed by atoms with Gasteiger partial charge < -0.3 is 10.5 Å². The molecular formula is C14H21NO2. The first-order valence-electron chi connectivity index (χ1n) is 5.90. The van der Waals surface area contributed by atoms with Gasteiger partial charge in [0.2, 0.25) is 0 Å². The van der Waals surface area contributed by atoms with Crippen LogP contribution in [0.3, 0.4) is 0 Å². The zero-order valence-corrected chi connectivity index (χ0v) is 10.8. The molecule has 0 saturated carbocycles. The van der Waals surface area contributed by atoms with E-state index in [0.717, 1.165) is 17.5 Å². The summed E-state index contributed by atoms with van der Waals surface area (Å²) in [5.41, 5.74) is 7.22. The third-order valence-electron chi connectivity index (χ3n) is 2.19. The van der Waals surface area contributed by atoms with Gasteiger partial charge in [-0.25, -0.2) is 0 Å². The Bertz CT molecular complexity index is 380. The lowest BCUT2D eigenvalue weighted by Gasteiger charge is -2.19. The van der Waals surface area contributed by atoms with Gasteiger partial charge in [-0.15, -0.1) is 0 Å². The van der Waals surface area contributed by atoms with Crippen molar-refractivity contribution in [1.82, 2.24) is 0 Å². The molecule has 0 fully saturated rings. The van der Waals surface area contributed by atoms with E-state index in [1.165, 1.54) is 0 Å². The Morgan fingerprint density at radius 2 is 1.94 bits per heavy atom. The van der Waals surface area contributed by atoms with Crippen LogP contribution in [-0.2, 0) is 22.4 Å². The van der Waals surface area contributed by atoms with E-state index in [9.17, 15) is 4.79 Å². The summed E-state index contributed by atoms with van der Waals surface area (Å²) in [5.74, 6) is -0.192. The van der Waals surface area contributed by atoms with Crippen molar-refractivity contribution in [3.05, 3.63) is 35.4 Å². The summed E-state index contributed by atoms with van der Waals surface area (Å²) < 4.78 is 5.28. The van der Waals surface area contributed by atoms with Crippen molar-refractivity contribution in [1.29, 1.82) is 0 Å². The van der Waals surface area contributed by atoms with Crippen LogP contribution in [0, 0.1) is 0 Å². The molecule has 0 aliphatic heterocycles. The third kappa shape index (κ3) is 5.50. The molecule has 1 rings (SSSR count). The number of nitrogens with two attached hydrogens (primary N) is 1. The van der Waals surface area contributed by atoms with Crippen LogP contribution >= 0.6 is 0 Å². The Balaban J connectivity index is 2.62. The lowest BCUT2D eigenvalue weighted by Crippen LogP contribution is -2.24. The van der Waals surface area contributed by atoms with Crippen LogP contribution in [0.15, 0.2) is 24.3 Å². The summed E-state index contributed by atoms with van der Waals surface area (Å²) in [6.07, 6.45) is 1.15. The molecule has 2 N–H and O–H groups in total. The topological polar surface area (TPSA) is 52.3 Å². The average molecular weight is 235 g/mol. The van der Waals surface area contributed by atoms with Gasteiger partial charge in [0, 0.05) is 0 Å². The second-order valence-corrected chi connectivity index (χ2v) is 5.12. The van der Waals surface area contributed by atoms with Crippen LogP contribution < -0.4 is 5.73 Å². The molecule has 94 valence electrons. The molecule has 0 spiro atoms. The quantitative estimate of drug-likeness (QED) is 0.813. The van der Waals surface area contributed by atoms with Crippen LogP contribution in [-0.4, -0.2) is 18.1 Å². The highest BCUT2D eigenvalue weighted by Gasteiger charge is 2.16. The van der Waals surface area contributed by atoms with Gasteiger partial charge in [0.15, 0.2) is 0 Å². The van der Waals surface area contributed by atoms with Crippen molar-refractivity contribution in [3.8, 4) is 0 Å². The molecule has 0 heterocycles. The minimum Gasteiger partial charge on any atom is -0.460 e. The van der Waals surface area contributed by atoms with Gasteiger partial charge >= 0.3 is 5.97 Å². The van der Waals surface area contributed by atoms with E-state index in [2.05, 4.69) is 0 Å². The first-order valence-corrected chi connectivity index (χ1v) is 5.90. The summed E-state index contributed by atoms with van der Waals surface area (Å²) in [6.45, 7) is 6.23. The van der Waals surface area contributed by atoms with Gasteiger partial charge in [-0.05, 0) is 44.9 Å². The average Bonchev–Trinajstić information content (AvgIpc) is 2.15. The van der Waals surface area contributed by atoms with E-state index < -0.39 is 5.60 Å². The van der Waals surface area contributed by atoms with E-state index in [4.69, 9.17) is 10.5 Å². The first-order chi connectivity index (χ1) is 7.90. The Morgan fingerprint density at radius 3 is 2.53 bits per heavy atom. The summed E-state index contributed by atoms with van der Waals surface area (Å²) in [7, 11) is 0. The number of esters is 1. The van der Waals surface area contributed by atoms with Crippen LogP contribution in [0.5, 0.6) is 0 Å². The number of rotatable bonds is 4. The van der Waals surface area contributed by atoms with E-state index in [-0.39, 0.29) is 5.97 Å². The van der Waals surface area contributed by atoms with Crippen molar-refractivity contribution in [2.45, 2.75) is 39.2 Å². The van der Waals surface area contributed by atoms with E-state index in [1.807, 2.05) is 45.0 Å². The van der Waals surface area contributed by atoms with Crippen molar-refractivity contribution < 1.29 is 9.53 Å². The van der Waals surface area contributed by atoms with Crippen molar-refractivity contribution in [3.63, 3.8) is 0 Å². The van der Waals surface area contributed by atoms with Crippen molar-refractivity contribution >= 4 is 5.97 Å². The highest BCUT2D eigenvalue weighted by Crippen LogP contribution is 2.11. The van der Waals surface area contributed by atoms with Crippen LogP contribution in [0.2, 0.25) is 0 Å². The predicted octanol–water partition coefficient (Wildman–Crippen LogP) is 2.07. The molecule has 1 aromatic rings. The molecule has 0 aliphatic carbocycles. The molecule has 0 unspecified atom stereocenters. The number of hydrogen-bond donors (Lipinski definition) is 1. The van der Waals surface area contributed by atoms with Gasteiger partial charge in [-0.3, -0.25) is 4.79 Å². The Hall–Kier alpha value is -1.35. The largest absolute Gasteiger partial charge is 0.460 e. The fraction of sp³-hybridized carbons (Fsp3) is 0.500. The van der Waals surface area contributed by atoms with Crippen molar-refractivity contribution in [2.24, 2.45) is 5.73 Å². The zero-order valence-electron chi connectivity index (χ0n) is 10.8. The lowest BCUT2D eigenvalue weighted by molar-refractivity contribution is -0.153. The van der Waals surface area contributed by atoms with E-state index in [1.54, 1.807) is 0 Å². The summed E-state index contributed by atoms with van der Waals surface area (Å²) in [5, 5.41) is 0. The molecular weight excluding hydrogens is 214 g/mol. The number of carbonyl (C=O) groups is 1. The Morgan fingerprint density at radius 1 is 1.29 bits per heavy atom. The molecule has 0 aliphatic rings. The summed E-state index contributed by atoms with van der Waals surface area (Å²) in [4.78, 5) is 11.7. The monoisotopic (exact) mass is 235 g/mol.